The van der Waals surface area contributed by atoms with Gasteiger partial charge in [0, 0.05) is 23.6 Å². The lowest BCUT2D eigenvalue weighted by atomic mass is 10.1. The zero-order valence-corrected chi connectivity index (χ0v) is 15.2. The smallest absolute Gasteiger partial charge is 0.282 e. The van der Waals surface area contributed by atoms with Gasteiger partial charge in [0.2, 0.25) is 5.88 Å². The van der Waals surface area contributed by atoms with Gasteiger partial charge >= 0.3 is 0 Å². The number of anilines is 1. The third kappa shape index (κ3) is 3.02. The summed E-state index contributed by atoms with van der Waals surface area (Å²) < 4.78 is 32.4. The van der Waals surface area contributed by atoms with Gasteiger partial charge in [-0.2, -0.15) is 11.8 Å². The Kier molecular flexibility index (Phi) is 3.81. The number of alkyl halides is 2. The molecule has 8 heteroatoms. The van der Waals surface area contributed by atoms with E-state index in [-0.39, 0.29) is 19.0 Å². The molecule has 3 aliphatic heterocycles. The number of amides is 1. The molecule has 26 heavy (non-hydrogen) atoms. The van der Waals surface area contributed by atoms with Crippen molar-refractivity contribution >= 4 is 23.4 Å². The number of hydrogen-bond donors (Lipinski definition) is 0. The molecule has 2 bridgehead atoms. The molecule has 4 fully saturated rings. The third-order valence-electron chi connectivity index (χ3n) is 5.56. The molecule has 1 aliphatic carbocycles. The molecular formula is C18H21F2N3O2S. The third-order valence-corrected chi connectivity index (χ3v) is 6.95. The summed E-state index contributed by atoms with van der Waals surface area (Å²) >= 11 is 1.93. The minimum Gasteiger partial charge on any atom is -0.476 e. The average Bonchev–Trinajstić information content (AvgIpc) is 3.19. The average molecular weight is 381 g/mol. The van der Waals surface area contributed by atoms with Crippen molar-refractivity contribution in [2.75, 3.05) is 36.9 Å². The Morgan fingerprint density at radius 2 is 2.15 bits per heavy atom. The van der Waals surface area contributed by atoms with E-state index in [1.165, 1.54) is 0 Å². The minimum atomic E-state index is -2.66. The number of ether oxygens (including phenoxy) is 1. The molecule has 1 aromatic heterocycles. The molecule has 0 N–H and O–H groups in total. The molecule has 1 saturated carbocycles. The van der Waals surface area contributed by atoms with Gasteiger partial charge in [-0.05, 0) is 37.3 Å². The fourth-order valence-electron chi connectivity index (χ4n) is 3.86. The van der Waals surface area contributed by atoms with Crippen molar-refractivity contribution in [3.63, 3.8) is 0 Å². The van der Waals surface area contributed by atoms with Crippen LogP contribution in [0.5, 0.6) is 5.88 Å². The van der Waals surface area contributed by atoms with Crippen molar-refractivity contribution in [3.8, 4) is 5.88 Å². The number of halogens is 2. The SMILES string of the molecule is O=C(c1ccc(N2CC(F)(F)C2)c(OCC2CC2)n1)N1C[C@@H]2C[C@H]1CS2. The van der Waals surface area contributed by atoms with E-state index in [1.807, 2.05) is 16.7 Å². The summed E-state index contributed by atoms with van der Waals surface area (Å²) in [5, 5.41) is 0.539. The van der Waals surface area contributed by atoms with Gasteiger partial charge in [0.15, 0.2) is 0 Å². The molecule has 0 spiro atoms. The summed E-state index contributed by atoms with van der Waals surface area (Å²) in [6, 6.07) is 3.65. The fourth-order valence-corrected chi connectivity index (χ4v) is 5.29. The lowest BCUT2D eigenvalue weighted by molar-refractivity contribution is -0.0265. The summed E-state index contributed by atoms with van der Waals surface area (Å²) in [7, 11) is 0. The maximum Gasteiger partial charge on any atom is 0.282 e. The quantitative estimate of drug-likeness (QED) is 0.785. The number of pyridine rings is 1. The van der Waals surface area contributed by atoms with Crippen molar-refractivity contribution in [2.45, 2.75) is 36.5 Å². The maximum absolute atomic E-state index is 13.3. The van der Waals surface area contributed by atoms with Gasteiger partial charge in [-0.1, -0.05) is 0 Å². The highest BCUT2D eigenvalue weighted by molar-refractivity contribution is 8.00. The second kappa shape index (κ2) is 5.97. The van der Waals surface area contributed by atoms with E-state index >= 15 is 0 Å². The van der Waals surface area contributed by atoms with Crippen LogP contribution in [0.1, 0.15) is 29.8 Å². The van der Waals surface area contributed by atoms with Crippen molar-refractivity contribution in [1.29, 1.82) is 0 Å². The Bertz CT molecular complexity index is 735. The topological polar surface area (TPSA) is 45.7 Å². The van der Waals surface area contributed by atoms with Crippen LogP contribution < -0.4 is 9.64 Å². The standard InChI is InChI=1S/C18H21F2N3O2S/c19-18(20)9-22(10-18)15-4-3-14(21-16(15)25-7-11-1-2-11)17(24)23-6-13-5-12(23)8-26-13/h3-4,11-13H,1-2,5-10H2/t12-,13-/m0/s1. The number of carbonyl (C=O) groups is 1. The van der Waals surface area contributed by atoms with Crippen LogP contribution in [0.15, 0.2) is 12.1 Å². The summed E-state index contributed by atoms with van der Waals surface area (Å²) in [5.74, 6) is -0.906. The van der Waals surface area contributed by atoms with Crippen LogP contribution in [-0.4, -0.2) is 65.0 Å². The van der Waals surface area contributed by atoms with Crippen molar-refractivity contribution in [2.24, 2.45) is 5.92 Å². The van der Waals surface area contributed by atoms with Crippen LogP contribution in [0.4, 0.5) is 14.5 Å². The largest absolute Gasteiger partial charge is 0.476 e. The zero-order valence-electron chi connectivity index (χ0n) is 14.4. The van der Waals surface area contributed by atoms with E-state index in [2.05, 4.69) is 4.98 Å². The highest BCUT2D eigenvalue weighted by Gasteiger charge is 2.45. The van der Waals surface area contributed by atoms with Crippen LogP contribution >= 0.6 is 11.8 Å². The number of fused-ring (bicyclic) bond motifs is 2. The van der Waals surface area contributed by atoms with Gasteiger partial charge in [0.1, 0.15) is 11.4 Å². The molecule has 2 atom stereocenters. The van der Waals surface area contributed by atoms with Gasteiger partial charge in [0.25, 0.3) is 11.8 Å². The van der Waals surface area contributed by atoms with Crippen molar-refractivity contribution < 1.29 is 18.3 Å². The number of rotatable bonds is 5. The van der Waals surface area contributed by atoms with Crippen LogP contribution in [0, 0.1) is 5.92 Å². The summed E-state index contributed by atoms with van der Waals surface area (Å²) in [5.41, 5.74) is 0.913. The maximum atomic E-state index is 13.3. The van der Waals surface area contributed by atoms with Crippen molar-refractivity contribution in [1.82, 2.24) is 9.88 Å². The molecule has 0 aromatic carbocycles. The van der Waals surface area contributed by atoms with Crippen LogP contribution in [0.2, 0.25) is 0 Å². The van der Waals surface area contributed by atoms with Gasteiger partial charge in [0.05, 0.1) is 19.7 Å². The molecule has 0 unspecified atom stereocenters. The zero-order chi connectivity index (χ0) is 17.9. The second-order valence-electron chi connectivity index (χ2n) is 7.79. The Morgan fingerprint density at radius 1 is 1.35 bits per heavy atom. The van der Waals surface area contributed by atoms with Gasteiger partial charge < -0.3 is 14.5 Å². The first-order chi connectivity index (χ1) is 12.5. The highest BCUT2D eigenvalue weighted by Crippen LogP contribution is 2.40. The van der Waals surface area contributed by atoms with E-state index < -0.39 is 5.92 Å². The Balaban J connectivity index is 1.37. The first-order valence-corrected chi connectivity index (χ1v) is 10.2. The fraction of sp³-hybridized carbons (Fsp3) is 0.667. The van der Waals surface area contributed by atoms with E-state index in [4.69, 9.17) is 4.74 Å². The molecule has 4 heterocycles. The predicted molar refractivity (Wildman–Crippen MR) is 95.3 cm³/mol. The Morgan fingerprint density at radius 3 is 2.77 bits per heavy atom. The second-order valence-corrected chi connectivity index (χ2v) is 9.12. The lowest BCUT2D eigenvalue weighted by Crippen LogP contribution is -2.56. The number of carbonyl (C=O) groups excluding carboxylic acids is 1. The lowest BCUT2D eigenvalue weighted by Gasteiger charge is -2.40. The molecule has 140 valence electrons. The van der Waals surface area contributed by atoms with E-state index in [1.54, 1.807) is 17.0 Å². The van der Waals surface area contributed by atoms with Crippen LogP contribution in [-0.2, 0) is 0 Å². The van der Waals surface area contributed by atoms with Crippen LogP contribution in [0.25, 0.3) is 0 Å². The van der Waals surface area contributed by atoms with E-state index in [0.717, 1.165) is 31.6 Å². The molecule has 5 nitrogen and oxygen atoms in total. The van der Waals surface area contributed by atoms with Gasteiger partial charge in [-0.3, -0.25) is 4.79 Å². The Labute approximate surface area is 155 Å². The minimum absolute atomic E-state index is 0.0745. The van der Waals surface area contributed by atoms with Gasteiger partial charge in [-0.15, -0.1) is 0 Å². The van der Waals surface area contributed by atoms with Crippen LogP contribution in [0.3, 0.4) is 0 Å². The van der Waals surface area contributed by atoms with Gasteiger partial charge in [-0.25, -0.2) is 13.8 Å². The molecule has 1 amide bonds. The van der Waals surface area contributed by atoms with Crippen molar-refractivity contribution in [3.05, 3.63) is 17.8 Å². The molecule has 3 saturated heterocycles. The predicted octanol–water partition coefficient (Wildman–Crippen LogP) is 2.66. The monoisotopic (exact) mass is 381 g/mol. The first kappa shape index (κ1) is 16.6. The molecule has 0 radical (unpaired) electrons. The molecule has 4 aliphatic rings. The van der Waals surface area contributed by atoms with E-state index in [9.17, 15) is 13.6 Å². The number of hydrogen-bond acceptors (Lipinski definition) is 5. The molecular weight excluding hydrogens is 360 g/mol. The van der Waals surface area contributed by atoms with E-state index in [0.29, 0.717) is 41.1 Å². The normalized spacial score (nSPS) is 29.0. The molecule has 5 rings (SSSR count). The highest BCUT2D eigenvalue weighted by atomic mass is 32.2. The summed E-state index contributed by atoms with van der Waals surface area (Å²) in [6.45, 7) is 0.658. The first-order valence-electron chi connectivity index (χ1n) is 9.18. The number of aromatic nitrogens is 1. The Hall–Kier alpha value is -1.57. The number of nitrogens with zero attached hydrogens (tertiary/aromatic N) is 3. The number of thioether (sulfide) groups is 1. The molecule has 1 aromatic rings. The number of likely N-dealkylation sites (tertiary alicyclic amines) is 1. The summed E-state index contributed by atoms with van der Waals surface area (Å²) in [6.07, 6.45) is 3.32. The summed E-state index contributed by atoms with van der Waals surface area (Å²) in [4.78, 5) is 20.8.